The third kappa shape index (κ3) is 359. The summed E-state index contributed by atoms with van der Waals surface area (Å²) < 4.78 is 45.7. The molecule has 0 rings (SSSR count). The van der Waals surface area contributed by atoms with Crippen LogP contribution in [-0.2, 0) is 22.7 Å². The van der Waals surface area contributed by atoms with Crippen LogP contribution in [0.25, 0.3) is 0 Å². The van der Waals surface area contributed by atoms with E-state index in [1.165, 1.54) is 0 Å². The van der Waals surface area contributed by atoms with E-state index in [9.17, 15) is 0 Å². The summed E-state index contributed by atoms with van der Waals surface area (Å²) in [6, 6.07) is 0. The fourth-order valence-electron chi connectivity index (χ4n) is 0. The van der Waals surface area contributed by atoms with E-state index in [4.69, 9.17) is 26.6 Å². The van der Waals surface area contributed by atoms with Crippen LogP contribution in [0.1, 0.15) is 0 Å². The van der Waals surface area contributed by atoms with E-state index in [2.05, 4.69) is 0 Å². The maximum atomic E-state index is 8.67. The monoisotopic (exact) mass is 188 g/mol. The minimum atomic E-state index is -2.61. The molecule has 0 heterocycles. The molecular formula is H5NaO6S2. The van der Waals surface area contributed by atoms with Crippen molar-refractivity contribution < 1.29 is 26.6 Å². The second-order valence-electron chi connectivity index (χ2n) is 0.461. The molecule has 9 heteroatoms. The minimum absolute atomic E-state index is 0. The molecule has 9 heavy (non-hydrogen) atoms. The molecule has 0 bridgehead atoms. The van der Waals surface area contributed by atoms with Gasteiger partial charge in [-0.1, -0.05) is 0 Å². The molecule has 0 aliphatic carbocycles. The molecule has 0 unspecified atom stereocenters. The van der Waals surface area contributed by atoms with Crippen LogP contribution in [0, 0.1) is 0 Å². The standard InChI is InChI=1S/Na.2H2O3S.H/c;2*1-4(2)3;/h;2*(H2,1,2,3);. The van der Waals surface area contributed by atoms with Gasteiger partial charge in [0.1, 0.15) is 0 Å². The normalized spacial score (nSPS) is 7.78. The van der Waals surface area contributed by atoms with Gasteiger partial charge in [0, 0.05) is 0 Å². The topological polar surface area (TPSA) is 115 Å². The molecule has 4 N–H and O–H groups in total. The van der Waals surface area contributed by atoms with Crippen LogP contribution in [0.4, 0.5) is 0 Å². The molecule has 0 fully saturated rings. The Morgan fingerprint density at radius 1 is 0.778 bits per heavy atom. The Kier molecular flexibility index (Phi) is 21.9. The third-order valence-electron chi connectivity index (χ3n) is 0. The first-order valence-corrected chi connectivity index (χ1v) is 3.19. The summed E-state index contributed by atoms with van der Waals surface area (Å²) in [6.45, 7) is 0. The average Bonchev–Trinajstić information content (AvgIpc) is 1.25. The zero-order chi connectivity index (χ0) is 7.15. The summed E-state index contributed by atoms with van der Waals surface area (Å²) in [7, 11) is 0. The zero-order valence-corrected chi connectivity index (χ0v) is 5.05. The van der Waals surface area contributed by atoms with E-state index in [0.29, 0.717) is 0 Å². The number of hydrogen-bond donors (Lipinski definition) is 4. The zero-order valence-electron chi connectivity index (χ0n) is 3.42. The van der Waals surface area contributed by atoms with Crippen LogP contribution in [0.2, 0.25) is 0 Å². The van der Waals surface area contributed by atoms with Crippen molar-refractivity contribution in [3.8, 4) is 0 Å². The molecule has 0 aromatic heterocycles. The molecule has 0 amide bonds. The van der Waals surface area contributed by atoms with E-state index in [1.807, 2.05) is 0 Å². The summed E-state index contributed by atoms with van der Waals surface area (Å²) in [5.41, 5.74) is 0. The van der Waals surface area contributed by atoms with Gasteiger partial charge < -0.3 is 0 Å². The van der Waals surface area contributed by atoms with Gasteiger partial charge in [-0.15, -0.1) is 0 Å². The molecule has 0 spiro atoms. The fraction of sp³-hybridized carbons (Fsp3) is 0. The Bertz CT molecular complexity index is 69.1. The first kappa shape index (κ1) is 16.6. The molecule has 0 aromatic carbocycles. The van der Waals surface area contributed by atoms with Crippen molar-refractivity contribution in [1.29, 1.82) is 0 Å². The predicted octanol–water partition coefficient (Wildman–Crippen LogP) is -1.29. The van der Waals surface area contributed by atoms with Crippen molar-refractivity contribution in [3.05, 3.63) is 0 Å². The summed E-state index contributed by atoms with van der Waals surface area (Å²) in [5, 5.41) is 0. The second kappa shape index (κ2) is 11.9. The van der Waals surface area contributed by atoms with E-state index >= 15 is 0 Å². The van der Waals surface area contributed by atoms with Crippen LogP contribution >= 0.6 is 0 Å². The first-order chi connectivity index (χ1) is 3.46. The van der Waals surface area contributed by atoms with Gasteiger partial charge in [0.15, 0.2) is 0 Å². The van der Waals surface area contributed by atoms with E-state index < -0.39 is 22.7 Å². The van der Waals surface area contributed by atoms with Gasteiger partial charge in [-0.2, -0.15) is 8.42 Å². The Morgan fingerprint density at radius 3 is 0.778 bits per heavy atom. The van der Waals surface area contributed by atoms with Crippen LogP contribution < -0.4 is 0 Å². The predicted molar refractivity (Wildman–Crippen MR) is 33.9 cm³/mol. The van der Waals surface area contributed by atoms with Crippen molar-refractivity contribution in [2.24, 2.45) is 0 Å². The van der Waals surface area contributed by atoms with Crippen molar-refractivity contribution in [2.75, 3.05) is 0 Å². The Balaban J connectivity index is -0.0000000720. The Morgan fingerprint density at radius 2 is 0.778 bits per heavy atom. The van der Waals surface area contributed by atoms with Crippen LogP contribution in [0.5, 0.6) is 0 Å². The summed E-state index contributed by atoms with van der Waals surface area (Å²) in [5.74, 6) is 0. The van der Waals surface area contributed by atoms with E-state index in [-0.39, 0.29) is 29.6 Å². The maximum absolute atomic E-state index is 8.67. The van der Waals surface area contributed by atoms with Gasteiger partial charge in [0.25, 0.3) is 22.7 Å². The SMILES string of the molecule is O=S(O)O.O=S(O)O.[NaH]. The molecular weight excluding hydrogens is 183 g/mol. The first-order valence-electron chi connectivity index (χ1n) is 1.06. The van der Waals surface area contributed by atoms with Crippen molar-refractivity contribution in [1.82, 2.24) is 0 Å². The molecule has 6 nitrogen and oxygen atoms in total. The van der Waals surface area contributed by atoms with Crippen LogP contribution in [-0.4, -0.2) is 56.2 Å². The number of rotatable bonds is 0. The Labute approximate surface area is 78.6 Å². The van der Waals surface area contributed by atoms with Gasteiger partial charge in [0.05, 0.1) is 0 Å². The van der Waals surface area contributed by atoms with E-state index in [1.54, 1.807) is 0 Å². The molecule has 0 aliphatic heterocycles. The van der Waals surface area contributed by atoms with Gasteiger partial charge in [0.2, 0.25) is 0 Å². The summed E-state index contributed by atoms with van der Waals surface area (Å²) >= 11 is -5.22. The average molecular weight is 188 g/mol. The molecule has 0 atom stereocenters. The second-order valence-corrected chi connectivity index (χ2v) is 1.38. The van der Waals surface area contributed by atoms with Crippen molar-refractivity contribution in [2.45, 2.75) is 0 Å². The van der Waals surface area contributed by atoms with Gasteiger partial charge in [-0.25, -0.2) is 0 Å². The molecule has 0 aromatic rings. The molecule has 54 valence electrons. The third-order valence-corrected chi connectivity index (χ3v) is 0. The van der Waals surface area contributed by atoms with Gasteiger partial charge in [-0.3, -0.25) is 18.2 Å². The van der Waals surface area contributed by atoms with Crippen molar-refractivity contribution in [3.63, 3.8) is 0 Å². The van der Waals surface area contributed by atoms with Crippen LogP contribution in [0.15, 0.2) is 0 Å². The van der Waals surface area contributed by atoms with Crippen LogP contribution in [0.3, 0.4) is 0 Å². The van der Waals surface area contributed by atoms with E-state index in [0.717, 1.165) is 0 Å². The van der Waals surface area contributed by atoms with Gasteiger partial charge in [-0.05, 0) is 0 Å². The number of hydrogen-bond acceptors (Lipinski definition) is 2. The van der Waals surface area contributed by atoms with Crippen molar-refractivity contribution >= 4 is 52.3 Å². The summed E-state index contributed by atoms with van der Waals surface area (Å²) in [4.78, 5) is 0. The Hall–Kier alpha value is 1.14. The molecule has 0 radical (unpaired) electrons. The fourth-order valence-corrected chi connectivity index (χ4v) is 0. The molecule has 0 saturated carbocycles. The molecule has 0 aliphatic rings. The quantitative estimate of drug-likeness (QED) is 0.278. The molecule has 0 saturated heterocycles. The summed E-state index contributed by atoms with van der Waals surface area (Å²) in [6.07, 6.45) is 0. The van der Waals surface area contributed by atoms with Gasteiger partial charge >= 0.3 is 29.6 Å².